The van der Waals surface area contributed by atoms with Gasteiger partial charge in [-0.15, -0.1) is 0 Å². The molecule has 6 heteroatoms. The highest BCUT2D eigenvalue weighted by Crippen LogP contribution is 2.15. The van der Waals surface area contributed by atoms with Crippen LogP contribution in [0, 0.1) is 5.82 Å². The van der Waals surface area contributed by atoms with Crippen LogP contribution in [0.3, 0.4) is 0 Å². The minimum absolute atomic E-state index is 0.103. The molecule has 0 aliphatic rings. The topological polar surface area (TPSA) is 87.7 Å². The molecule has 0 unspecified atom stereocenters. The summed E-state index contributed by atoms with van der Waals surface area (Å²) < 4.78 is 18.1. The number of rotatable bonds is 5. The predicted molar refractivity (Wildman–Crippen MR) is 70.6 cm³/mol. The fourth-order valence-electron chi connectivity index (χ4n) is 1.74. The maximum atomic E-state index is 13.1. The third-order valence-corrected chi connectivity index (χ3v) is 2.68. The molecular formula is C15H11FO5. The summed E-state index contributed by atoms with van der Waals surface area (Å²) in [7, 11) is 0. The lowest BCUT2D eigenvalue weighted by atomic mass is 10.1. The van der Waals surface area contributed by atoms with Crippen LogP contribution in [0.4, 0.5) is 4.39 Å². The molecule has 5 nitrogen and oxygen atoms in total. The van der Waals surface area contributed by atoms with Crippen molar-refractivity contribution in [1.29, 1.82) is 0 Å². The van der Waals surface area contributed by atoms with E-state index in [-0.39, 0.29) is 11.6 Å². The number of hydrogen-bond donors (Lipinski definition) is 2. The van der Waals surface area contributed by atoms with Crippen molar-refractivity contribution in [3.05, 3.63) is 71.1 Å². The minimum Gasteiger partial charge on any atom is -0.502 e. The van der Waals surface area contributed by atoms with E-state index in [1.807, 2.05) is 0 Å². The van der Waals surface area contributed by atoms with Crippen LogP contribution in [-0.4, -0.2) is 22.0 Å². The quantitative estimate of drug-likeness (QED) is 0.502. The Labute approximate surface area is 118 Å². The second-order valence-electron chi connectivity index (χ2n) is 4.32. The Balaban J connectivity index is 2.13. The number of aliphatic carboxylic acids is 1. The van der Waals surface area contributed by atoms with Gasteiger partial charge in [-0.25, -0.2) is 9.18 Å². The Hall–Kier alpha value is -2.89. The Morgan fingerprint density at radius 3 is 2.62 bits per heavy atom. The van der Waals surface area contributed by atoms with Gasteiger partial charge >= 0.3 is 5.97 Å². The monoisotopic (exact) mass is 290 g/mol. The third-order valence-electron chi connectivity index (χ3n) is 2.68. The number of carbonyl (C=O) groups is 2. The highest BCUT2D eigenvalue weighted by Gasteiger charge is 2.13. The molecule has 0 spiro atoms. The van der Waals surface area contributed by atoms with E-state index in [2.05, 4.69) is 0 Å². The smallest absolute Gasteiger partial charge is 0.371 e. The van der Waals surface area contributed by atoms with Crippen LogP contribution in [-0.2, 0) is 11.2 Å². The van der Waals surface area contributed by atoms with E-state index in [1.54, 1.807) is 12.1 Å². The number of allylic oxidation sites excluding steroid dienone is 1. The Bertz CT molecular complexity index is 714. The van der Waals surface area contributed by atoms with Crippen LogP contribution < -0.4 is 0 Å². The van der Waals surface area contributed by atoms with Crippen molar-refractivity contribution in [3.63, 3.8) is 0 Å². The van der Waals surface area contributed by atoms with Gasteiger partial charge in [0.15, 0.2) is 5.76 Å². The Kier molecular flexibility index (Phi) is 4.18. The number of aliphatic hydroxyl groups excluding tert-OH is 1. The molecule has 2 rings (SSSR count). The van der Waals surface area contributed by atoms with Crippen molar-refractivity contribution in [2.24, 2.45) is 0 Å². The zero-order valence-corrected chi connectivity index (χ0v) is 10.7. The van der Waals surface area contributed by atoms with Crippen LogP contribution in [0.2, 0.25) is 0 Å². The van der Waals surface area contributed by atoms with Crippen molar-refractivity contribution >= 4 is 11.8 Å². The third kappa shape index (κ3) is 3.79. The standard InChI is InChI=1S/C15H11FO5/c16-11-3-1-2-9(5-11)4-10-6-14(21-8-10)12(17)7-13(18)15(19)20/h1-3,5-8,18H,4H2,(H,19,20). The molecule has 1 heterocycles. The van der Waals surface area contributed by atoms with Gasteiger partial charge in [0.25, 0.3) is 0 Å². The summed E-state index contributed by atoms with van der Waals surface area (Å²) in [5.74, 6) is -3.89. The van der Waals surface area contributed by atoms with Gasteiger partial charge in [0.1, 0.15) is 5.82 Å². The molecule has 0 saturated heterocycles. The van der Waals surface area contributed by atoms with Crippen molar-refractivity contribution in [1.82, 2.24) is 0 Å². The first-order chi connectivity index (χ1) is 9.95. The predicted octanol–water partition coefficient (Wildman–Crippen LogP) is 2.72. The maximum absolute atomic E-state index is 13.1. The zero-order valence-electron chi connectivity index (χ0n) is 10.7. The molecule has 1 aromatic carbocycles. The van der Waals surface area contributed by atoms with Gasteiger partial charge in [0.05, 0.1) is 6.26 Å². The molecule has 0 saturated carbocycles. The first-order valence-electron chi connectivity index (χ1n) is 5.96. The number of carboxylic acid groups (broad SMARTS) is 1. The van der Waals surface area contributed by atoms with Gasteiger partial charge in [0.2, 0.25) is 11.5 Å². The molecular weight excluding hydrogens is 279 g/mol. The molecule has 0 atom stereocenters. The normalized spacial score (nSPS) is 11.4. The molecule has 2 aromatic rings. The van der Waals surface area contributed by atoms with Crippen LogP contribution in [0.15, 0.2) is 52.8 Å². The SMILES string of the molecule is O=C(O)C(O)=CC(=O)c1cc(Cc2cccc(F)c2)co1. The number of carboxylic acids is 1. The van der Waals surface area contributed by atoms with Gasteiger partial charge in [0, 0.05) is 12.5 Å². The number of aliphatic hydroxyl groups is 1. The molecule has 1 aromatic heterocycles. The van der Waals surface area contributed by atoms with Gasteiger partial charge in [-0.3, -0.25) is 4.79 Å². The van der Waals surface area contributed by atoms with Crippen LogP contribution in [0.1, 0.15) is 21.7 Å². The van der Waals surface area contributed by atoms with E-state index in [1.165, 1.54) is 24.5 Å². The lowest BCUT2D eigenvalue weighted by Gasteiger charge is -1.97. The molecule has 21 heavy (non-hydrogen) atoms. The van der Waals surface area contributed by atoms with Gasteiger partial charge in [-0.2, -0.15) is 0 Å². The summed E-state index contributed by atoms with van der Waals surface area (Å²) in [5, 5.41) is 17.5. The Morgan fingerprint density at radius 1 is 1.19 bits per heavy atom. The first-order valence-corrected chi connectivity index (χ1v) is 5.96. The van der Waals surface area contributed by atoms with Crippen LogP contribution in [0.25, 0.3) is 0 Å². The van der Waals surface area contributed by atoms with E-state index in [0.29, 0.717) is 23.6 Å². The van der Waals surface area contributed by atoms with Gasteiger partial charge < -0.3 is 14.6 Å². The van der Waals surface area contributed by atoms with E-state index < -0.39 is 17.5 Å². The van der Waals surface area contributed by atoms with Crippen molar-refractivity contribution in [3.8, 4) is 0 Å². The average Bonchev–Trinajstić information content (AvgIpc) is 2.87. The number of hydrogen-bond acceptors (Lipinski definition) is 4. The lowest BCUT2D eigenvalue weighted by Crippen LogP contribution is -2.03. The fourth-order valence-corrected chi connectivity index (χ4v) is 1.74. The maximum Gasteiger partial charge on any atom is 0.371 e. The van der Waals surface area contributed by atoms with E-state index in [9.17, 15) is 14.0 Å². The van der Waals surface area contributed by atoms with Gasteiger partial charge in [-0.05, 0) is 29.3 Å². The second-order valence-corrected chi connectivity index (χ2v) is 4.32. The lowest BCUT2D eigenvalue weighted by molar-refractivity contribution is -0.135. The molecule has 0 radical (unpaired) electrons. The molecule has 0 amide bonds. The van der Waals surface area contributed by atoms with E-state index in [0.717, 1.165) is 0 Å². The van der Waals surface area contributed by atoms with E-state index >= 15 is 0 Å². The summed E-state index contributed by atoms with van der Waals surface area (Å²) in [6.07, 6.45) is 2.25. The van der Waals surface area contributed by atoms with Crippen molar-refractivity contribution in [2.45, 2.75) is 6.42 Å². The second kappa shape index (κ2) is 6.04. The molecule has 2 N–H and O–H groups in total. The molecule has 0 aliphatic carbocycles. The number of halogens is 1. The summed E-state index contributed by atoms with van der Waals surface area (Å²) >= 11 is 0. The number of ketones is 1. The number of benzene rings is 1. The van der Waals surface area contributed by atoms with E-state index in [4.69, 9.17) is 14.6 Å². The highest BCUT2D eigenvalue weighted by atomic mass is 19.1. The number of furan rings is 1. The highest BCUT2D eigenvalue weighted by molar-refractivity contribution is 6.06. The molecule has 0 aliphatic heterocycles. The minimum atomic E-state index is -1.60. The molecule has 0 bridgehead atoms. The van der Waals surface area contributed by atoms with Crippen LogP contribution >= 0.6 is 0 Å². The zero-order chi connectivity index (χ0) is 15.4. The summed E-state index contributed by atoms with van der Waals surface area (Å²) in [4.78, 5) is 22.0. The van der Waals surface area contributed by atoms with Crippen molar-refractivity contribution in [2.75, 3.05) is 0 Å². The fraction of sp³-hybridized carbons (Fsp3) is 0.0667. The summed E-state index contributed by atoms with van der Waals surface area (Å²) in [6.45, 7) is 0. The van der Waals surface area contributed by atoms with Crippen molar-refractivity contribution < 1.29 is 28.6 Å². The first kappa shape index (κ1) is 14.5. The molecule has 108 valence electrons. The largest absolute Gasteiger partial charge is 0.502 e. The Morgan fingerprint density at radius 2 is 1.95 bits per heavy atom. The number of carbonyl (C=O) groups excluding carboxylic acids is 1. The van der Waals surface area contributed by atoms with Crippen LogP contribution in [0.5, 0.6) is 0 Å². The summed E-state index contributed by atoms with van der Waals surface area (Å²) in [6, 6.07) is 7.41. The summed E-state index contributed by atoms with van der Waals surface area (Å²) in [5.41, 5.74) is 1.34. The molecule has 0 fully saturated rings. The van der Waals surface area contributed by atoms with Gasteiger partial charge in [-0.1, -0.05) is 12.1 Å². The average molecular weight is 290 g/mol.